The smallest absolute Gasteiger partial charge is 0.0766 e. The van der Waals surface area contributed by atoms with Gasteiger partial charge in [0, 0.05) is 19.0 Å². The lowest BCUT2D eigenvalue weighted by Gasteiger charge is -2.25. The zero-order valence-electron chi connectivity index (χ0n) is 13.7. The van der Waals surface area contributed by atoms with Crippen molar-refractivity contribution in [1.82, 2.24) is 15.1 Å². The van der Waals surface area contributed by atoms with Gasteiger partial charge in [-0.1, -0.05) is 13.8 Å². The van der Waals surface area contributed by atoms with Crippen LogP contribution in [0.1, 0.15) is 51.9 Å². The van der Waals surface area contributed by atoms with Gasteiger partial charge in [0.1, 0.15) is 0 Å². The van der Waals surface area contributed by atoms with Gasteiger partial charge in [-0.25, -0.2) is 0 Å². The summed E-state index contributed by atoms with van der Waals surface area (Å²) < 4.78 is 9.40. The Morgan fingerprint density at radius 3 is 2.67 bits per heavy atom. The van der Waals surface area contributed by atoms with Gasteiger partial charge in [-0.15, -0.1) is 0 Å². The number of aryl methyl sites for hydroxylation is 2. The van der Waals surface area contributed by atoms with E-state index < -0.39 is 0 Å². The molecule has 1 aromatic heterocycles. The van der Waals surface area contributed by atoms with Gasteiger partial charge < -0.3 is 10.1 Å². The zero-order chi connectivity index (χ0) is 15.4. The lowest BCUT2D eigenvalue weighted by Crippen LogP contribution is -2.42. The number of hydrogen-bond acceptors (Lipinski definition) is 3. The van der Waals surface area contributed by atoms with Crippen LogP contribution in [0, 0.1) is 0 Å². The van der Waals surface area contributed by atoms with Crippen LogP contribution in [0.5, 0.6) is 0 Å². The Morgan fingerprint density at radius 1 is 1.38 bits per heavy atom. The van der Waals surface area contributed by atoms with Crippen LogP contribution in [0.4, 0.5) is 0 Å². The number of halogens is 1. The topological polar surface area (TPSA) is 39.1 Å². The van der Waals surface area contributed by atoms with Crippen LogP contribution >= 0.6 is 15.9 Å². The first-order valence-electron chi connectivity index (χ1n) is 8.23. The second-order valence-corrected chi connectivity index (χ2v) is 6.60. The third-order valence-corrected chi connectivity index (χ3v) is 5.20. The van der Waals surface area contributed by atoms with Gasteiger partial charge in [-0.05, 0) is 55.6 Å². The van der Waals surface area contributed by atoms with Crippen LogP contribution in [0.25, 0.3) is 0 Å². The summed E-state index contributed by atoms with van der Waals surface area (Å²) in [5.74, 6) is 0. The summed E-state index contributed by atoms with van der Waals surface area (Å²) in [4.78, 5) is 0. The number of nitrogens with zero attached hydrogens (tertiary/aromatic N) is 2. The van der Waals surface area contributed by atoms with Gasteiger partial charge in [0.05, 0.1) is 28.1 Å². The fraction of sp³-hybridized carbons (Fsp3) is 0.812. The van der Waals surface area contributed by atoms with Crippen LogP contribution in [0.15, 0.2) is 4.47 Å². The van der Waals surface area contributed by atoms with E-state index in [0.717, 1.165) is 38.0 Å². The van der Waals surface area contributed by atoms with Gasteiger partial charge in [0.25, 0.3) is 0 Å². The average molecular weight is 358 g/mol. The minimum atomic E-state index is 0.317. The second-order valence-electron chi connectivity index (χ2n) is 5.81. The molecule has 0 spiro atoms. The normalized spacial score (nSPS) is 23.7. The van der Waals surface area contributed by atoms with E-state index in [0.29, 0.717) is 18.2 Å². The molecule has 1 N–H and O–H groups in total. The quantitative estimate of drug-likeness (QED) is 0.813. The lowest BCUT2D eigenvalue weighted by molar-refractivity contribution is 0.0319. The van der Waals surface area contributed by atoms with Crippen molar-refractivity contribution in [1.29, 1.82) is 0 Å². The molecule has 3 unspecified atom stereocenters. The predicted octanol–water partition coefficient (Wildman–Crippen LogP) is 3.32. The first-order valence-corrected chi connectivity index (χ1v) is 9.02. The summed E-state index contributed by atoms with van der Waals surface area (Å²) in [6.07, 6.45) is 4.95. The molecule has 0 saturated carbocycles. The van der Waals surface area contributed by atoms with E-state index in [1.54, 1.807) is 0 Å². The molecule has 0 aliphatic carbocycles. The first-order chi connectivity index (χ1) is 10.1. The van der Waals surface area contributed by atoms with E-state index in [1.165, 1.54) is 16.6 Å². The SMILES string of the molecule is CCNC(Cc1c(Br)c(CC)nn1CC)C1CCC(C)O1. The zero-order valence-corrected chi connectivity index (χ0v) is 15.2. The van der Waals surface area contributed by atoms with Crippen molar-refractivity contribution < 1.29 is 4.74 Å². The number of hydrogen-bond donors (Lipinski definition) is 1. The summed E-state index contributed by atoms with van der Waals surface area (Å²) in [6.45, 7) is 10.5. The maximum Gasteiger partial charge on any atom is 0.0766 e. The van der Waals surface area contributed by atoms with Crippen molar-refractivity contribution in [3.8, 4) is 0 Å². The van der Waals surface area contributed by atoms with Crippen molar-refractivity contribution in [3.05, 3.63) is 15.9 Å². The highest BCUT2D eigenvalue weighted by atomic mass is 79.9. The van der Waals surface area contributed by atoms with Crippen LogP contribution < -0.4 is 5.32 Å². The van der Waals surface area contributed by atoms with E-state index >= 15 is 0 Å². The van der Waals surface area contributed by atoms with Crippen LogP contribution in [-0.2, 0) is 24.1 Å². The molecule has 1 aliphatic heterocycles. The molecule has 1 saturated heterocycles. The van der Waals surface area contributed by atoms with Crippen LogP contribution in [0.3, 0.4) is 0 Å². The number of likely N-dealkylation sites (N-methyl/N-ethyl adjacent to an activating group) is 1. The Morgan fingerprint density at radius 2 is 2.14 bits per heavy atom. The first kappa shape index (κ1) is 17.0. The standard InChI is InChI=1S/C16H28BrN3O/c1-5-12-16(17)14(20(7-3)19-12)10-13(18-6-2)15-9-8-11(4)21-15/h11,13,15,18H,5-10H2,1-4H3. The monoisotopic (exact) mass is 357 g/mol. The molecule has 21 heavy (non-hydrogen) atoms. The van der Waals surface area contributed by atoms with Gasteiger partial charge >= 0.3 is 0 Å². The third kappa shape index (κ3) is 3.88. The molecule has 0 bridgehead atoms. The van der Waals surface area contributed by atoms with Crippen molar-refractivity contribution in [2.24, 2.45) is 0 Å². The maximum absolute atomic E-state index is 6.09. The molecular formula is C16H28BrN3O. The van der Waals surface area contributed by atoms with Crippen molar-refractivity contribution >= 4 is 15.9 Å². The van der Waals surface area contributed by atoms with Crippen molar-refractivity contribution in [3.63, 3.8) is 0 Å². The van der Waals surface area contributed by atoms with E-state index in [9.17, 15) is 0 Å². The van der Waals surface area contributed by atoms with E-state index in [2.05, 4.69) is 53.6 Å². The Hall–Kier alpha value is -0.390. The molecular weight excluding hydrogens is 330 g/mol. The minimum absolute atomic E-state index is 0.317. The fourth-order valence-corrected chi connectivity index (χ4v) is 3.87. The summed E-state index contributed by atoms with van der Waals surface area (Å²) in [6, 6.07) is 0.364. The lowest BCUT2D eigenvalue weighted by atomic mass is 10.0. The number of rotatable bonds is 7. The Bertz CT molecular complexity index is 461. The largest absolute Gasteiger partial charge is 0.374 e. The Kier molecular flexibility index (Phi) is 6.26. The maximum atomic E-state index is 6.09. The molecule has 4 nitrogen and oxygen atoms in total. The van der Waals surface area contributed by atoms with Gasteiger partial charge in [0.15, 0.2) is 0 Å². The highest BCUT2D eigenvalue weighted by Gasteiger charge is 2.30. The molecule has 5 heteroatoms. The number of ether oxygens (including phenoxy) is 1. The molecule has 1 aromatic rings. The number of nitrogens with one attached hydrogen (secondary N) is 1. The molecule has 1 fully saturated rings. The average Bonchev–Trinajstić information content (AvgIpc) is 3.03. The van der Waals surface area contributed by atoms with Gasteiger partial charge in [-0.3, -0.25) is 4.68 Å². The summed E-state index contributed by atoms with van der Waals surface area (Å²) in [5.41, 5.74) is 2.45. The van der Waals surface area contributed by atoms with Crippen LogP contribution in [-0.4, -0.2) is 34.6 Å². The van der Waals surface area contributed by atoms with Gasteiger partial charge in [0.2, 0.25) is 0 Å². The van der Waals surface area contributed by atoms with Crippen molar-refractivity contribution in [2.75, 3.05) is 6.54 Å². The van der Waals surface area contributed by atoms with E-state index in [-0.39, 0.29) is 0 Å². The van der Waals surface area contributed by atoms with E-state index in [1.807, 2.05) is 0 Å². The molecule has 0 aromatic carbocycles. The highest BCUT2D eigenvalue weighted by molar-refractivity contribution is 9.10. The fourth-order valence-electron chi connectivity index (χ4n) is 3.15. The second kappa shape index (κ2) is 7.75. The molecule has 3 atom stereocenters. The summed E-state index contributed by atoms with van der Waals surface area (Å²) in [7, 11) is 0. The number of aromatic nitrogens is 2. The Balaban J connectivity index is 2.18. The molecule has 120 valence electrons. The molecule has 0 amide bonds. The molecule has 2 rings (SSSR count). The third-order valence-electron chi connectivity index (χ3n) is 4.29. The molecule has 0 radical (unpaired) electrons. The van der Waals surface area contributed by atoms with Gasteiger partial charge in [-0.2, -0.15) is 5.10 Å². The Labute approximate surface area is 136 Å². The molecule has 1 aliphatic rings. The summed E-state index contributed by atoms with van der Waals surface area (Å²) >= 11 is 3.75. The van der Waals surface area contributed by atoms with Crippen molar-refractivity contribution in [2.45, 2.75) is 78.2 Å². The van der Waals surface area contributed by atoms with E-state index in [4.69, 9.17) is 9.84 Å². The summed E-state index contributed by atoms with van der Waals surface area (Å²) in [5, 5.41) is 8.32. The molecule has 2 heterocycles. The van der Waals surface area contributed by atoms with Crippen LogP contribution in [0.2, 0.25) is 0 Å². The minimum Gasteiger partial charge on any atom is -0.374 e. The highest BCUT2D eigenvalue weighted by Crippen LogP contribution is 2.28. The predicted molar refractivity (Wildman–Crippen MR) is 89.7 cm³/mol.